The van der Waals surface area contributed by atoms with Gasteiger partial charge in [-0.1, -0.05) is 24.3 Å². The highest BCUT2D eigenvalue weighted by atomic mass is 79.9. The molecule has 2 aromatic rings. The first-order chi connectivity index (χ1) is 9.03. The third-order valence-electron chi connectivity index (χ3n) is 2.47. The summed E-state index contributed by atoms with van der Waals surface area (Å²) in [7, 11) is -3.47. The van der Waals surface area contributed by atoms with Gasteiger partial charge in [0.1, 0.15) is 4.21 Å². The molecule has 0 bridgehead atoms. The zero-order chi connectivity index (χ0) is 13.9. The van der Waals surface area contributed by atoms with Gasteiger partial charge in [0.15, 0.2) is 0 Å². The maximum Gasteiger partial charge on any atom is 0.251 e. The summed E-state index contributed by atoms with van der Waals surface area (Å²) in [6.07, 6.45) is 0. The quantitative estimate of drug-likeness (QED) is 0.803. The molecule has 0 unspecified atom stereocenters. The van der Waals surface area contributed by atoms with Crippen LogP contribution < -0.4 is 4.72 Å². The van der Waals surface area contributed by atoms with Gasteiger partial charge in [-0.15, -0.1) is 22.9 Å². The number of hydrogen-bond acceptors (Lipinski definition) is 3. The van der Waals surface area contributed by atoms with Gasteiger partial charge in [-0.2, -0.15) is 0 Å². The van der Waals surface area contributed by atoms with Crippen molar-refractivity contribution in [1.29, 1.82) is 0 Å². The lowest BCUT2D eigenvalue weighted by molar-refractivity contribution is 0.583. The molecule has 0 atom stereocenters. The van der Waals surface area contributed by atoms with Crippen LogP contribution in [0, 0.1) is 0 Å². The lowest BCUT2D eigenvalue weighted by Crippen LogP contribution is -2.22. The van der Waals surface area contributed by atoms with Crippen LogP contribution in [0.1, 0.15) is 11.1 Å². The van der Waals surface area contributed by atoms with E-state index in [9.17, 15) is 8.42 Å². The summed E-state index contributed by atoms with van der Waals surface area (Å²) in [5.74, 6) is 0.453. The Morgan fingerprint density at radius 2 is 1.79 bits per heavy atom. The van der Waals surface area contributed by atoms with E-state index in [-0.39, 0.29) is 6.54 Å². The monoisotopic (exact) mass is 379 g/mol. The second kappa shape index (κ2) is 6.37. The van der Waals surface area contributed by atoms with Gasteiger partial charge in [-0.25, -0.2) is 13.1 Å². The number of nitrogens with one attached hydrogen (secondary N) is 1. The highest BCUT2D eigenvalue weighted by Gasteiger charge is 2.18. The van der Waals surface area contributed by atoms with Gasteiger partial charge in [0.25, 0.3) is 10.0 Å². The minimum atomic E-state index is -3.47. The number of thiophene rings is 1. The third-order valence-corrected chi connectivity index (χ3v) is 6.85. The van der Waals surface area contributed by atoms with Crippen LogP contribution >= 0.6 is 38.9 Å². The lowest BCUT2D eigenvalue weighted by Gasteiger charge is -2.06. The third kappa shape index (κ3) is 3.79. The molecule has 102 valence electrons. The second-order valence-electron chi connectivity index (χ2n) is 3.83. The van der Waals surface area contributed by atoms with E-state index < -0.39 is 10.0 Å². The Morgan fingerprint density at radius 1 is 1.16 bits per heavy atom. The topological polar surface area (TPSA) is 46.2 Å². The number of sulfonamides is 1. The largest absolute Gasteiger partial charge is 0.251 e. The molecule has 3 nitrogen and oxygen atoms in total. The summed E-state index contributed by atoms with van der Waals surface area (Å²) >= 11 is 10.1. The standard InChI is InChI=1S/C12H11BrClNO2S2/c13-11-5-6-18-12(11)19(16,17)15-8-10-3-1-9(7-14)2-4-10/h1-6,15H,7-8H2. The van der Waals surface area contributed by atoms with E-state index in [1.165, 1.54) is 11.3 Å². The van der Waals surface area contributed by atoms with Crippen LogP contribution in [-0.2, 0) is 22.4 Å². The van der Waals surface area contributed by atoms with Crippen molar-refractivity contribution in [1.82, 2.24) is 4.72 Å². The summed E-state index contributed by atoms with van der Waals surface area (Å²) in [6.45, 7) is 0.259. The molecule has 1 heterocycles. The Labute approximate surface area is 129 Å². The molecule has 0 saturated heterocycles. The van der Waals surface area contributed by atoms with E-state index in [1.54, 1.807) is 11.4 Å². The van der Waals surface area contributed by atoms with Crippen LogP contribution in [0.3, 0.4) is 0 Å². The van der Waals surface area contributed by atoms with Gasteiger partial charge in [0, 0.05) is 16.9 Å². The van der Waals surface area contributed by atoms with E-state index in [2.05, 4.69) is 20.7 Å². The molecule has 19 heavy (non-hydrogen) atoms. The minimum Gasteiger partial charge on any atom is -0.206 e. The van der Waals surface area contributed by atoms with Crippen LogP contribution in [0.2, 0.25) is 0 Å². The lowest BCUT2D eigenvalue weighted by atomic mass is 10.1. The molecule has 0 amide bonds. The number of hydrogen-bond donors (Lipinski definition) is 1. The number of rotatable bonds is 5. The summed E-state index contributed by atoms with van der Waals surface area (Å²) in [6, 6.07) is 9.22. The number of benzene rings is 1. The molecule has 0 fully saturated rings. The summed E-state index contributed by atoms with van der Waals surface area (Å²) in [4.78, 5) is 0. The van der Waals surface area contributed by atoms with Crippen LogP contribution in [0.15, 0.2) is 44.4 Å². The van der Waals surface area contributed by atoms with E-state index in [4.69, 9.17) is 11.6 Å². The zero-order valence-electron chi connectivity index (χ0n) is 9.77. The highest BCUT2D eigenvalue weighted by molar-refractivity contribution is 9.10. The maximum absolute atomic E-state index is 12.1. The van der Waals surface area contributed by atoms with Gasteiger partial charge in [-0.05, 0) is 38.5 Å². The van der Waals surface area contributed by atoms with E-state index in [0.29, 0.717) is 14.6 Å². The van der Waals surface area contributed by atoms with Crippen LogP contribution in [0.4, 0.5) is 0 Å². The van der Waals surface area contributed by atoms with Crippen molar-refractivity contribution >= 4 is 48.9 Å². The van der Waals surface area contributed by atoms with Gasteiger partial charge >= 0.3 is 0 Å². The molecular weight excluding hydrogens is 370 g/mol. The van der Waals surface area contributed by atoms with Crippen molar-refractivity contribution in [3.63, 3.8) is 0 Å². The van der Waals surface area contributed by atoms with Gasteiger partial charge in [0.05, 0.1) is 0 Å². The van der Waals surface area contributed by atoms with Crippen molar-refractivity contribution in [3.05, 3.63) is 51.3 Å². The smallest absolute Gasteiger partial charge is 0.206 e. The summed E-state index contributed by atoms with van der Waals surface area (Å²) < 4.78 is 27.6. The van der Waals surface area contributed by atoms with Crippen molar-refractivity contribution in [2.75, 3.05) is 0 Å². The molecule has 2 rings (SSSR count). The SMILES string of the molecule is O=S(=O)(NCc1ccc(CCl)cc1)c1sccc1Br. The minimum absolute atomic E-state index is 0.259. The van der Waals surface area contributed by atoms with Crippen molar-refractivity contribution < 1.29 is 8.42 Å². The van der Waals surface area contributed by atoms with Crippen molar-refractivity contribution in [2.24, 2.45) is 0 Å². The first-order valence-electron chi connectivity index (χ1n) is 5.39. The van der Waals surface area contributed by atoms with Crippen LogP contribution in [0.5, 0.6) is 0 Å². The Kier molecular flexibility index (Phi) is 5.03. The van der Waals surface area contributed by atoms with Gasteiger partial charge in [-0.3, -0.25) is 0 Å². The summed E-state index contributed by atoms with van der Waals surface area (Å²) in [5, 5.41) is 1.73. The van der Waals surface area contributed by atoms with E-state index in [1.807, 2.05) is 24.3 Å². The molecule has 1 aromatic carbocycles. The number of halogens is 2. The second-order valence-corrected chi connectivity index (χ2v) is 7.83. The first-order valence-corrected chi connectivity index (χ1v) is 9.08. The Balaban J connectivity index is 2.07. The molecule has 1 aromatic heterocycles. The molecule has 0 aliphatic carbocycles. The average Bonchev–Trinajstić information content (AvgIpc) is 2.84. The van der Waals surface area contributed by atoms with Crippen LogP contribution in [-0.4, -0.2) is 8.42 Å². The van der Waals surface area contributed by atoms with Crippen molar-refractivity contribution in [2.45, 2.75) is 16.6 Å². The zero-order valence-corrected chi connectivity index (χ0v) is 13.7. The maximum atomic E-state index is 12.1. The Morgan fingerprint density at radius 3 is 2.32 bits per heavy atom. The van der Waals surface area contributed by atoms with E-state index >= 15 is 0 Å². The Bertz CT molecular complexity index is 653. The van der Waals surface area contributed by atoms with E-state index in [0.717, 1.165) is 11.1 Å². The van der Waals surface area contributed by atoms with Gasteiger partial charge in [0.2, 0.25) is 0 Å². The molecule has 0 aliphatic heterocycles. The number of alkyl halides is 1. The highest BCUT2D eigenvalue weighted by Crippen LogP contribution is 2.27. The fourth-order valence-corrected chi connectivity index (χ4v) is 5.04. The van der Waals surface area contributed by atoms with Crippen LogP contribution in [0.25, 0.3) is 0 Å². The predicted octanol–water partition coefficient (Wildman–Crippen LogP) is 3.73. The molecule has 0 radical (unpaired) electrons. The molecule has 0 spiro atoms. The fraction of sp³-hybridized carbons (Fsp3) is 0.167. The van der Waals surface area contributed by atoms with Gasteiger partial charge < -0.3 is 0 Å². The Hall–Kier alpha value is -0.400. The normalized spacial score (nSPS) is 11.7. The molecule has 7 heteroatoms. The van der Waals surface area contributed by atoms with Crippen molar-refractivity contribution in [3.8, 4) is 0 Å². The predicted molar refractivity (Wildman–Crippen MR) is 82.0 cm³/mol. The molecule has 0 aliphatic rings. The fourth-order valence-electron chi connectivity index (χ4n) is 1.46. The molecule has 0 saturated carbocycles. The molecule has 1 N–H and O–H groups in total. The summed E-state index contributed by atoms with van der Waals surface area (Å²) in [5.41, 5.74) is 1.90. The molecular formula is C12H11BrClNO2S2. The average molecular weight is 381 g/mol. The first kappa shape index (κ1) is 15.0.